The van der Waals surface area contributed by atoms with Crippen LogP contribution in [-0.4, -0.2) is 65.5 Å². The van der Waals surface area contributed by atoms with Crippen molar-refractivity contribution in [2.45, 2.75) is 84.0 Å². The standard InChI is InChI=1S/C27H45N7O5/c1-5-17(4)22(25(37)33-21(26(38)39)15-18-10-7-6-8-11-18)34-24(36)20(14-16(2)3)32-23(35)19(28)12-9-13-31-27(29)30/h6-8,10-11,16-17,19-22H,5,9,12-15,28H2,1-4H3,(H,32,35)(H,33,37)(H,34,36)(H,38,39)(H4,29,30,31)/t17-,19-,20-,21-,22-/m0/s1. The molecule has 1 aromatic rings. The number of guanidine groups is 1. The number of aliphatic carboxylic acids is 1. The second kappa shape index (κ2) is 17.0. The maximum atomic E-state index is 13.3. The monoisotopic (exact) mass is 547 g/mol. The Morgan fingerprint density at radius 1 is 0.923 bits per heavy atom. The van der Waals surface area contributed by atoms with Crippen LogP contribution < -0.4 is 33.2 Å². The molecule has 0 saturated heterocycles. The van der Waals surface area contributed by atoms with E-state index in [-0.39, 0.29) is 24.2 Å². The number of carboxylic acids is 1. The summed E-state index contributed by atoms with van der Waals surface area (Å²) < 4.78 is 0. The van der Waals surface area contributed by atoms with Crippen LogP contribution in [-0.2, 0) is 25.6 Å². The van der Waals surface area contributed by atoms with Gasteiger partial charge in [0.05, 0.1) is 6.04 Å². The van der Waals surface area contributed by atoms with Crippen LogP contribution in [0.15, 0.2) is 35.3 Å². The van der Waals surface area contributed by atoms with Gasteiger partial charge in [0, 0.05) is 13.0 Å². The van der Waals surface area contributed by atoms with E-state index in [0.717, 1.165) is 5.56 Å². The lowest BCUT2D eigenvalue weighted by Crippen LogP contribution is -2.59. The molecule has 1 aromatic carbocycles. The average molecular weight is 548 g/mol. The van der Waals surface area contributed by atoms with Gasteiger partial charge >= 0.3 is 5.97 Å². The third-order valence-corrected chi connectivity index (χ3v) is 6.33. The third kappa shape index (κ3) is 12.6. The van der Waals surface area contributed by atoms with Crippen LogP contribution >= 0.6 is 0 Å². The number of hydrogen-bond acceptors (Lipinski definition) is 6. The van der Waals surface area contributed by atoms with Crippen molar-refractivity contribution in [1.29, 1.82) is 0 Å². The summed E-state index contributed by atoms with van der Waals surface area (Å²) in [7, 11) is 0. The normalized spacial score (nSPS) is 14.8. The van der Waals surface area contributed by atoms with Crippen LogP contribution in [0.5, 0.6) is 0 Å². The van der Waals surface area contributed by atoms with Crippen LogP contribution in [0, 0.1) is 11.8 Å². The number of nitrogens with two attached hydrogens (primary N) is 3. The molecule has 0 aromatic heterocycles. The summed E-state index contributed by atoms with van der Waals surface area (Å²) in [6.07, 6.45) is 1.76. The quantitative estimate of drug-likeness (QED) is 0.0812. The lowest BCUT2D eigenvalue weighted by atomic mass is 9.96. The number of aliphatic imine (C=N–C) groups is 1. The van der Waals surface area contributed by atoms with Crippen molar-refractivity contribution in [2.75, 3.05) is 6.54 Å². The first-order valence-electron chi connectivity index (χ1n) is 13.3. The van der Waals surface area contributed by atoms with Crippen LogP contribution in [0.3, 0.4) is 0 Å². The SMILES string of the molecule is CC[C@H](C)[C@H](NC(=O)[C@H](CC(C)C)NC(=O)[C@@H](N)CCCN=C(N)N)C(=O)N[C@@H](Cc1ccccc1)C(=O)O. The number of nitrogens with one attached hydrogen (secondary N) is 3. The van der Waals surface area contributed by atoms with E-state index in [9.17, 15) is 24.3 Å². The predicted octanol–water partition coefficient (Wildman–Crippen LogP) is 0.241. The molecule has 0 saturated carbocycles. The van der Waals surface area contributed by atoms with E-state index in [0.29, 0.717) is 32.2 Å². The van der Waals surface area contributed by atoms with Gasteiger partial charge in [0.15, 0.2) is 5.96 Å². The molecular weight excluding hydrogens is 502 g/mol. The molecule has 0 heterocycles. The Bertz CT molecular complexity index is 967. The number of amides is 3. The minimum atomic E-state index is -1.18. The molecule has 0 unspecified atom stereocenters. The summed E-state index contributed by atoms with van der Waals surface area (Å²) in [5, 5.41) is 17.7. The van der Waals surface area contributed by atoms with Crippen molar-refractivity contribution in [3.8, 4) is 0 Å². The van der Waals surface area contributed by atoms with Crippen LogP contribution in [0.4, 0.5) is 0 Å². The highest BCUT2D eigenvalue weighted by atomic mass is 16.4. The van der Waals surface area contributed by atoms with Crippen molar-refractivity contribution in [3.63, 3.8) is 0 Å². The summed E-state index contributed by atoms with van der Waals surface area (Å²) >= 11 is 0. The van der Waals surface area contributed by atoms with E-state index in [2.05, 4.69) is 20.9 Å². The predicted molar refractivity (Wildman–Crippen MR) is 150 cm³/mol. The van der Waals surface area contributed by atoms with Crippen molar-refractivity contribution in [1.82, 2.24) is 16.0 Å². The lowest BCUT2D eigenvalue weighted by molar-refractivity contribution is -0.142. The minimum Gasteiger partial charge on any atom is -0.480 e. The van der Waals surface area contributed by atoms with Gasteiger partial charge in [0.2, 0.25) is 17.7 Å². The molecular formula is C27H45N7O5. The Kier molecular flexibility index (Phi) is 14.6. The molecule has 0 spiro atoms. The fourth-order valence-corrected chi connectivity index (χ4v) is 3.90. The molecule has 0 aliphatic heterocycles. The van der Waals surface area contributed by atoms with Gasteiger partial charge in [-0.05, 0) is 36.7 Å². The first-order chi connectivity index (χ1) is 18.3. The molecule has 12 nitrogen and oxygen atoms in total. The molecule has 0 radical (unpaired) electrons. The molecule has 3 amide bonds. The molecule has 0 aliphatic carbocycles. The van der Waals surface area contributed by atoms with Crippen LogP contribution in [0.25, 0.3) is 0 Å². The Balaban J connectivity index is 2.96. The number of nitrogens with zero attached hydrogens (tertiary/aromatic N) is 1. The van der Waals surface area contributed by atoms with Crippen molar-refractivity contribution in [2.24, 2.45) is 34.0 Å². The molecule has 0 fully saturated rings. The van der Waals surface area contributed by atoms with E-state index in [1.807, 2.05) is 26.8 Å². The molecule has 5 atom stereocenters. The van der Waals surface area contributed by atoms with Gasteiger partial charge < -0.3 is 38.3 Å². The Labute approximate surface area is 230 Å². The van der Waals surface area contributed by atoms with E-state index < -0.39 is 47.9 Å². The molecule has 1 rings (SSSR count). The number of rotatable bonds is 17. The number of benzene rings is 1. The summed E-state index contributed by atoms with van der Waals surface area (Å²) in [6, 6.07) is 4.98. The first-order valence-corrected chi connectivity index (χ1v) is 13.3. The fourth-order valence-electron chi connectivity index (χ4n) is 3.90. The van der Waals surface area contributed by atoms with Crippen molar-refractivity contribution < 1.29 is 24.3 Å². The maximum absolute atomic E-state index is 13.3. The van der Waals surface area contributed by atoms with Gasteiger partial charge in [-0.15, -0.1) is 0 Å². The minimum absolute atomic E-state index is 0.0451. The Morgan fingerprint density at radius 3 is 2.08 bits per heavy atom. The lowest BCUT2D eigenvalue weighted by Gasteiger charge is -2.28. The fraction of sp³-hybridized carbons (Fsp3) is 0.593. The van der Waals surface area contributed by atoms with E-state index in [1.54, 1.807) is 31.2 Å². The molecule has 0 aliphatic rings. The zero-order chi connectivity index (χ0) is 29.5. The van der Waals surface area contributed by atoms with E-state index >= 15 is 0 Å². The topological polar surface area (TPSA) is 215 Å². The van der Waals surface area contributed by atoms with Gasteiger partial charge in [-0.1, -0.05) is 64.4 Å². The van der Waals surface area contributed by atoms with E-state index in [1.165, 1.54) is 0 Å². The highest BCUT2D eigenvalue weighted by Gasteiger charge is 2.33. The largest absolute Gasteiger partial charge is 0.480 e. The molecule has 39 heavy (non-hydrogen) atoms. The zero-order valence-electron chi connectivity index (χ0n) is 23.4. The highest BCUT2D eigenvalue weighted by molar-refractivity contribution is 5.94. The van der Waals surface area contributed by atoms with E-state index in [4.69, 9.17) is 17.2 Å². The first kappa shape index (κ1) is 33.4. The zero-order valence-corrected chi connectivity index (χ0v) is 23.4. The summed E-state index contributed by atoms with van der Waals surface area (Å²) in [6.45, 7) is 7.79. The molecule has 12 heteroatoms. The summed E-state index contributed by atoms with van der Waals surface area (Å²) in [4.78, 5) is 55.0. The Hall–Kier alpha value is -3.67. The second-order valence-corrected chi connectivity index (χ2v) is 10.2. The summed E-state index contributed by atoms with van der Waals surface area (Å²) in [5.41, 5.74) is 17.4. The summed E-state index contributed by atoms with van der Waals surface area (Å²) in [5.74, 6) is -3.12. The Morgan fingerprint density at radius 2 is 1.54 bits per heavy atom. The van der Waals surface area contributed by atoms with Gasteiger partial charge in [0.1, 0.15) is 18.1 Å². The second-order valence-electron chi connectivity index (χ2n) is 10.2. The number of carbonyl (C=O) groups excluding carboxylic acids is 3. The van der Waals surface area contributed by atoms with Gasteiger partial charge in [-0.25, -0.2) is 4.79 Å². The molecule has 218 valence electrons. The number of hydrogen-bond donors (Lipinski definition) is 7. The smallest absolute Gasteiger partial charge is 0.326 e. The van der Waals surface area contributed by atoms with Gasteiger partial charge in [-0.2, -0.15) is 0 Å². The van der Waals surface area contributed by atoms with Crippen molar-refractivity contribution >= 4 is 29.7 Å². The maximum Gasteiger partial charge on any atom is 0.326 e. The molecule has 0 bridgehead atoms. The highest BCUT2D eigenvalue weighted by Crippen LogP contribution is 2.12. The average Bonchev–Trinajstić information content (AvgIpc) is 2.88. The van der Waals surface area contributed by atoms with Crippen LogP contribution in [0.2, 0.25) is 0 Å². The number of carboxylic acid groups (broad SMARTS) is 1. The third-order valence-electron chi connectivity index (χ3n) is 6.33. The van der Waals surface area contributed by atoms with Gasteiger partial charge in [-0.3, -0.25) is 19.4 Å². The number of carbonyl (C=O) groups is 4. The van der Waals surface area contributed by atoms with Gasteiger partial charge in [0.25, 0.3) is 0 Å². The van der Waals surface area contributed by atoms with Crippen molar-refractivity contribution in [3.05, 3.63) is 35.9 Å². The molecule has 10 N–H and O–H groups in total. The van der Waals surface area contributed by atoms with Crippen LogP contribution in [0.1, 0.15) is 58.9 Å².